The second-order valence-corrected chi connectivity index (χ2v) is 6.65. The molecule has 0 aromatic heterocycles. The summed E-state index contributed by atoms with van der Waals surface area (Å²) in [5, 5.41) is 0. The maximum Gasteiger partial charge on any atom is 0.268 e. The fraction of sp³-hybridized carbons (Fsp3) is 0.381. The number of nitrogens with zero attached hydrogens (tertiary/aromatic N) is 1. The first kappa shape index (κ1) is 16.6. The average molecular weight is 323 g/mol. The van der Waals surface area contributed by atoms with Crippen LogP contribution in [0.4, 0.5) is 5.69 Å². The molecular formula is C21H25NO2. The number of aryl methyl sites for hydroxylation is 2. The lowest BCUT2D eigenvalue weighted by Crippen LogP contribution is -2.44. The number of benzene rings is 2. The van der Waals surface area contributed by atoms with Gasteiger partial charge in [0.15, 0.2) is 6.10 Å². The second kappa shape index (κ2) is 6.68. The number of hydrogen-bond acceptors (Lipinski definition) is 2. The molecule has 1 aliphatic rings. The van der Waals surface area contributed by atoms with E-state index in [0.717, 1.165) is 17.9 Å². The lowest BCUT2D eigenvalue weighted by molar-refractivity contribution is -0.125. The van der Waals surface area contributed by atoms with E-state index < -0.39 is 6.10 Å². The van der Waals surface area contributed by atoms with Crippen molar-refractivity contribution in [3.63, 3.8) is 0 Å². The van der Waals surface area contributed by atoms with Crippen molar-refractivity contribution in [2.75, 3.05) is 4.90 Å². The molecule has 0 saturated heterocycles. The van der Waals surface area contributed by atoms with E-state index >= 15 is 0 Å². The Morgan fingerprint density at radius 3 is 2.67 bits per heavy atom. The Morgan fingerprint density at radius 2 is 1.96 bits per heavy atom. The third-order valence-corrected chi connectivity index (χ3v) is 4.85. The lowest BCUT2D eigenvalue weighted by atomic mass is 10.1. The number of carbonyl (C=O) groups excluding carboxylic acids is 1. The summed E-state index contributed by atoms with van der Waals surface area (Å²) in [5.74, 6) is 0.812. The summed E-state index contributed by atoms with van der Waals surface area (Å²) in [7, 11) is 0. The normalized spacial score (nSPS) is 17.5. The highest BCUT2D eigenvalue weighted by Crippen LogP contribution is 2.33. The van der Waals surface area contributed by atoms with Gasteiger partial charge < -0.3 is 9.64 Å². The van der Waals surface area contributed by atoms with Crippen LogP contribution in [0.5, 0.6) is 5.75 Å². The molecule has 0 N–H and O–H groups in total. The number of fused-ring (bicyclic) bond motifs is 1. The van der Waals surface area contributed by atoms with Crippen molar-refractivity contribution in [1.29, 1.82) is 0 Å². The Morgan fingerprint density at radius 1 is 1.21 bits per heavy atom. The van der Waals surface area contributed by atoms with Crippen LogP contribution in [0.15, 0.2) is 42.5 Å². The van der Waals surface area contributed by atoms with Crippen molar-refractivity contribution in [3.8, 4) is 5.75 Å². The molecule has 2 atom stereocenters. The van der Waals surface area contributed by atoms with Crippen molar-refractivity contribution in [2.24, 2.45) is 0 Å². The molecule has 24 heavy (non-hydrogen) atoms. The van der Waals surface area contributed by atoms with Gasteiger partial charge in [-0.05, 0) is 68.5 Å². The molecule has 3 heteroatoms. The fourth-order valence-corrected chi connectivity index (χ4v) is 3.32. The summed E-state index contributed by atoms with van der Waals surface area (Å²) >= 11 is 0. The van der Waals surface area contributed by atoms with Crippen LogP contribution in [0.25, 0.3) is 0 Å². The maximum absolute atomic E-state index is 13.1. The number of rotatable bonds is 4. The minimum absolute atomic E-state index is 0.0492. The summed E-state index contributed by atoms with van der Waals surface area (Å²) in [4.78, 5) is 15.0. The van der Waals surface area contributed by atoms with Gasteiger partial charge in [0.05, 0.1) is 0 Å². The molecule has 0 saturated carbocycles. The summed E-state index contributed by atoms with van der Waals surface area (Å²) < 4.78 is 6.05. The van der Waals surface area contributed by atoms with E-state index in [1.54, 1.807) is 0 Å². The predicted octanol–water partition coefficient (Wildman–Crippen LogP) is 4.44. The van der Waals surface area contributed by atoms with Gasteiger partial charge in [-0.15, -0.1) is 0 Å². The standard InChI is InChI=1S/C21H25NO2/c1-5-20(24-18-11-10-14(2)15(3)12-18)21(23)22-16(4)13-17-8-6-7-9-19(17)22/h6-12,16,20H,5,13H2,1-4H3/t16-,20-/m1/s1. The van der Waals surface area contributed by atoms with Crippen LogP contribution < -0.4 is 9.64 Å². The highest BCUT2D eigenvalue weighted by Gasteiger charge is 2.34. The van der Waals surface area contributed by atoms with Crippen LogP contribution in [0.2, 0.25) is 0 Å². The van der Waals surface area contributed by atoms with Crippen molar-refractivity contribution >= 4 is 11.6 Å². The molecule has 0 unspecified atom stereocenters. The van der Waals surface area contributed by atoms with Crippen LogP contribution in [-0.2, 0) is 11.2 Å². The molecule has 2 aromatic carbocycles. The van der Waals surface area contributed by atoms with Gasteiger partial charge in [-0.25, -0.2) is 0 Å². The zero-order valence-corrected chi connectivity index (χ0v) is 14.9. The molecule has 3 nitrogen and oxygen atoms in total. The van der Waals surface area contributed by atoms with E-state index in [9.17, 15) is 4.79 Å². The van der Waals surface area contributed by atoms with Crippen LogP contribution in [0, 0.1) is 13.8 Å². The lowest BCUT2D eigenvalue weighted by Gasteiger charge is -2.27. The Kier molecular flexibility index (Phi) is 4.61. The molecule has 2 aromatic rings. The Labute approximate surface area is 144 Å². The SMILES string of the molecule is CC[C@@H](Oc1ccc(C)c(C)c1)C(=O)N1c2ccccc2C[C@H]1C. The molecular weight excluding hydrogens is 298 g/mol. The number of hydrogen-bond donors (Lipinski definition) is 0. The Balaban J connectivity index is 1.83. The summed E-state index contributed by atoms with van der Waals surface area (Å²) in [6.45, 7) is 8.23. The molecule has 1 amide bonds. The van der Waals surface area contributed by atoms with E-state index in [4.69, 9.17) is 4.74 Å². The minimum Gasteiger partial charge on any atom is -0.481 e. The molecule has 0 spiro atoms. The zero-order valence-electron chi connectivity index (χ0n) is 14.9. The largest absolute Gasteiger partial charge is 0.481 e. The summed E-state index contributed by atoms with van der Waals surface area (Å²) in [6.07, 6.45) is 1.10. The van der Waals surface area contributed by atoms with Crippen molar-refractivity contribution < 1.29 is 9.53 Å². The molecule has 1 aliphatic heterocycles. The first-order valence-corrected chi connectivity index (χ1v) is 8.66. The number of para-hydroxylation sites is 1. The molecule has 126 valence electrons. The van der Waals surface area contributed by atoms with Gasteiger partial charge in [0.1, 0.15) is 5.75 Å². The number of anilines is 1. The van der Waals surface area contributed by atoms with Gasteiger partial charge in [0.25, 0.3) is 5.91 Å². The third-order valence-electron chi connectivity index (χ3n) is 4.85. The second-order valence-electron chi connectivity index (χ2n) is 6.65. The van der Waals surface area contributed by atoms with Crippen molar-refractivity contribution in [1.82, 2.24) is 0 Å². The first-order chi connectivity index (χ1) is 11.5. The van der Waals surface area contributed by atoms with E-state index in [1.165, 1.54) is 16.7 Å². The molecule has 0 radical (unpaired) electrons. The van der Waals surface area contributed by atoms with Gasteiger partial charge >= 0.3 is 0 Å². The molecule has 0 aliphatic carbocycles. The smallest absolute Gasteiger partial charge is 0.268 e. The zero-order chi connectivity index (χ0) is 17.3. The highest BCUT2D eigenvalue weighted by atomic mass is 16.5. The van der Waals surface area contributed by atoms with Crippen LogP contribution in [0.1, 0.15) is 37.0 Å². The molecule has 0 bridgehead atoms. The average Bonchev–Trinajstić information content (AvgIpc) is 2.91. The van der Waals surface area contributed by atoms with E-state index in [2.05, 4.69) is 26.8 Å². The first-order valence-electron chi connectivity index (χ1n) is 8.66. The quantitative estimate of drug-likeness (QED) is 0.832. The topological polar surface area (TPSA) is 29.5 Å². The Hall–Kier alpha value is -2.29. The fourth-order valence-electron chi connectivity index (χ4n) is 3.32. The third kappa shape index (κ3) is 3.03. The van der Waals surface area contributed by atoms with Gasteiger partial charge in [-0.2, -0.15) is 0 Å². The van der Waals surface area contributed by atoms with Gasteiger partial charge in [0.2, 0.25) is 0 Å². The summed E-state index contributed by atoms with van der Waals surface area (Å²) in [5.41, 5.74) is 4.66. The Bertz CT molecular complexity index is 753. The van der Waals surface area contributed by atoms with E-state index in [0.29, 0.717) is 6.42 Å². The van der Waals surface area contributed by atoms with E-state index in [-0.39, 0.29) is 11.9 Å². The monoisotopic (exact) mass is 323 g/mol. The summed E-state index contributed by atoms with van der Waals surface area (Å²) in [6, 6.07) is 14.3. The van der Waals surface area contributed by atoms with Gasteiger partial charge in [-0.3, -0.25) is 4.79 Å². The number of amides is 1. The van der Waals surface area contributed by atoms with Crippen LogP contribution in [0.3, 0.4) is 0 Å². The van der Waals surface area contributed by atoms with Crippen molar-refractivity contribution in [3.05, 3.63) is 59.2 Å². The van der Waals surface area contributed by atoms with Gasteiger partial charge in [0, 0.05) is 11.7 Å². The minimum atomic E-state index is -0.458. The van der Waals surface area contributed by atoms with Crippen molar-refractivity contribution in [2.45, 2.75) is 52.7 Å². The van der Waals surface area contributed by atoms with Crippen LogP contribution >= 0.6 is 0 Å². The van der Waals surface area contributed by atoms with Gasteiger partial charge in [-0.1, -0.05) is 31.2 Å². The van der Waals surface area contributed by atoms with Crippen LogP contribution in [-0.4, -0.2) is 18.1 Å². The molecule has 3 rings (SSSR count). The van der Waals surface area contributed by atoms with E-state index in [1.807, 2.05) is 48.2 Å². The molecule has 0 fully saturated rings. The predicted molar refractivity (Wildman–Crippen MR) is 97.7 cm³/mol. The highest BCUT2D eigenvalue weighted by molar-refractivity contribution is 5.99. The molecule has 1 heterocycles. The number of ether oxygens (including phenoxy) is 1. The maximum atomic E-state index is 13.1. The number of carbonyl (C=O) groups is 1.